The molecule has 3 aromatic rings. The number of nitrogens with zero attached hydrogens (tertiary/aromatic N) is 3. The number of hydrogen-bond acceptors (Lipinski definition) is 8. The topological polar surface area (TPSA) is 132 Å². The van der Waals surface area contributed by atoms with Gasteiger partial charge in [-0.3, -0.25) is 19.7 Å². The molecule has 3 amide bonds. The van der Waals surface area contributed by atoms with Gasteiger partial charge in [0.1, 0.15) is 23.4 Å². The van der Waals surface area contributed by atoms with E-state index in [1.54, 1.807) is 6.07 Å². The second kappa shape index (κ2) is 15.4. The molecule has 4 aliphatic heterocycles. The first kappa shape index (κ1) is 34.9. The summed E-state index contributed by atoms with van der Waals surface area (Å²) in [5, 5.41) is 21.9. The molecule has 0 spiro atoms. The van der Waals surface area contributed by atoms with E-state index in [4.69, 9.17) is 9.39 Å². The minimum Gasteiger partial charge on any atom is -0.457 e. The summed E-state index contributed by atoms with van der Waals surface area (Å²) in [5.74, 6) is -0.0598. The van der Waals surface area contributed by atoms with Gasteiger partial charge in [0, 0.05) is 18.5 Å². The zero-order valence-electron chi connectivity index (χ0n) is 28.7. The van der Waals surface area contributed by atoms with Crippen LogP contribution in [0.4, 0.5) is 4.39 Å². The molecule has 7 rings (SSSR count). The Kier molecular flexibility index (Phi) is 10.5. The maximum Gasteiger partial charge on any atom is 0.491 e. The molecule has 10 nitrogen and oxygen atoms in total. The van der Waals surface area contributed by atoms with Gasteiger partial charge in [0.25, 0.3) is 5.91 Å². The van der Waals surface area contributed by atoms with Gasteiger partial charge in [-0.2, -0.15) is 5.26 Å². The van der Waals surface area contributed by atoms with Crippen molar-refractivity contribution < 1.29 is 33.2 Å². The average Bonchev–Trinajstić information content (AvgIpc) is 3.66. The van der Waals surface area contributed by atoms with Crippen molar-refractivity contribution >= 4 is 30.3 Å². The summed E-state index contributed by atoms with van der Waals surface area (Å²) in [6, 6.07) is 15.5. The number of aryl methyl sites for hydroxylation is 1. The van der Waals surface area contributed by atoms with E-state index in [1.807, 2.05) is 36.4 Å². The third kappa shape index (κ3) is 7.71. The summed E-state index contributed by atoms with van der Waals surface area (Å²) >= 11 is 0. The zero-order valence-corrected chi connectivity index (χ0v) is 28.7. The first-order valence-electron chi connectivity index (χ1n) is 18.1. The van der Waals surface area contributed by atoms with Crippen LogP contribution in [0.15, 0.2) is 48.5 Å². The number of imide groups is 1. The molecule has 12 heteroatoms. The van der Waals surface area contributed by atoms with Crippen molar-refractivity contribution in [2.45, 2.75) is 89.3 Å². The maximum absolute atomic E-state index is 14.8. The normalized spacial score (nSPS) is 19.2. The van der Waals surface area contributed by atoms with E-state index >= 15 is 0 Å². The Bertz CT molecular complexity index is 1870. The Labute approximate surface area is 297 Å². The van der Waals surface area contributed by atoms with E-state index < -0.39 is 24.9 Å². The van der Waals surface area contributed by atoms with Gasteiger partial charge in [-0.05, 0) is 134 Å². The number of benzene rings is 3. The van der Waals surface area contributed by atoms with Gasteiger partial charge in [-0.15, -0.1) is 0 Å². The standard InChI is InChI=1S/C39H42BFN4O6/c41-29-20-32(34-23-45(39(48)33(34)21-29)36-11-12-37(46)43-38(36)47)25-13-16-44(17-14-25)15-5-3-1-2-4-6-26-18-30(8-7-27(26)22-42)51-31-9-10-35-28(19-31)24-50-40(35)49/h7-10,18-21,25,36,49H,1-6,11-17,23-24H2,(H,43,46,47). The molecule has 1 unspecified atom stereocenters. The molecule has 4 aliphatic rings. The second-order valence-corrected chi connectivity index (χ2v) is 14.1. The Morgan fingerprint density at radius 2 is 1.75 bits per heavy atom. The lowest BCUT2D eigenvalue weighted by atomic mass is 9.80. The molecule has 0 aromatic heterocycles. The average molecular weight is 693 g/mol. The van der Waals surface area contributed by atoms with Crippen LogP contribution in [0.3, 0.4) is 0 Å². The number of ether oxygens (including phenoxy) is 1. The first-order valence-corrected chi connectivity index (χ1v) is 18.1. The number of fused-ring (bicyclic) bond motifs is 2. The zero-order chi connectivity index (χ0) is 35.5. The summed E-state index contributed by atoms with van der Waals surface area (Å²) in [6.07, 6.45) is 8.45. The summed E-state index contributed by atoms with van der Waals surface area (Å²) in [5.41, 5.74) is 5.36. The summed E-state index contributed by atoms with van der Waals surface area (Å²) < 4.78 is 26.1. The highest BCUT2D eigenvalue weighted by molar-refractivity contribution is 6.61. The number of carbonyl (C=O) groups is 3. The number of unbranched alkanes of at least 4 members (excludes halogenated alkanes) is 4. The fourth-order valence-electron chi connectivity index (χ4n) is 8.02. The minimum absolute atomic E-state index is 0.152. The molecule has 2 saturated heterocycles. The number of rotatable bonds is 12. The molecular weight excluding hydrogens is 650 g/mol. The molecule has 1 atom stereocenters. The van der Waals surface area contributed by atoms with Crippen LogP contribution in [-0.4, -0.2) is 65.3 Å². The lowest BCUT2D eigenvalue weighted by molar-refractivity contribution is -0.136. The SMILES string of the molecule is N#Cc1ccc(Oc2ccc3c(c2)COB3O)cc1CCCCCCCN1CCC(c2cc(F)cc3c2CN(C2CCC(=O)NC2=O)C3=O)CC1. The van der Waals surface area contributed by atoms with Crippen molar-refractivity contribution in [2.75, 3.05) is 19.6 Å². The number of nitriles is 1. The number of hydrogen-bond donors (Lipinski definition) is 2. The van der Waals surface area contributed by atoms with Crippen molar-refractivity contribution in [3.8, 4) is 17.6 Å². The second-order valence-electron chi connectivity index (χ2n) is 14.1. The van der Waals surface area contributed by atoms with E-state index in [0.717, 1.165) is 98.7 Å². The van der Waals surface area contributed by atoms with E-state index in [0.29, 0.717) is 29.2 Å². The van der Waals surface area contributed by atoms with Gasteiger partial charge in [0.2, 0.25) is 11.8 Å². The van der Waals surface area contributed by atoms with Crippen molar-refractivity contribution in [2.24, 2.45) is 0 Å². The number of halogens is 1. The van der Waals surface area contributed by atoms with Gasteiger partial charge in [0.05, 0.1) is 18.2 Å². The maximum atomic E-state index is 14.8. The highest BCUT2D eigenvalue weighted by Crippen LogP contribution is 2.38. The van der Waals surface area contributed by atoms with Crippen LogP contribution in [0, 0.1) is 17.1 Å². The first-order chi connectivity index (χ1) is 24.8. The predicted octanol–water partition coefficient (Wildman–Crippen LogP) is 4.84. The molecule has 2 fully saturated rings. The van der Waals surface area contributed by atoms with E-state index in [2.05, 4.69) is 16.3 Å². The van der Waals surface area contributed by atoms with Crippen LogP contribution < -0.4 is 15.5 Å². The number of nitrogens with one attached hydrogen (secondary N) is 1. The molecule has 51 heavy (non-hydrogen) atoms. The van der Waals surface area contributed by atoms with Crippen LogP contribution >= 0.6 is 0 Å². The molecular formula is C39H42BFN4O6. The van der Waals surface area contributed by atoms with Crippen LogP contribution in [0.25, 0.3) is 0 Å². The quantitative estimate of drug-likeness (QED) is 0.157. The predicted molar refractivity (Wildman–Crippen MR) is 188 cm³/mol. The Morgan fingerprint density at radius 1 is 0.980 bits per heavy atom. The monoisotopic (exact) mass is 692 g/mol. The van der Waals surface area contributed by atoms with Crippen LogP contribution in [0.2, 0.25) is 0 Å². The largest absolute Gasteiger partial charge is 0.491 e. The molecule has 2 N–H and O–H groups in total. The van der Waals surface area contributed by atoms with Gasteiger partial charge < -0.3 is 24.2 Å². The molecule has 4 heterocycles. The molecule has 0 radical (unpaired) electrons. The van der Waals surface area contributed by atoms with Crippen molar-refractivity contribution in [1.29, 1.82) is 5.26 Å². The van der Waals surface area contributed by atoms with Gasteiger partial charge in [-0.25, -0.2) is 4.39 Å². The Balaban J connectivity index is 0.837. The van der Waals surface area contributed by atoms with Gasteiger partial charge >= 0.3 is 7.12 Å². The highest BCUT2D eigenvalue weighted by Gasteiger charge is 2.41. The van der Waals surface area contributed by atoms with Crippen LogP contribution in [0.1, 0.15) is 102 Å². The van der Waals surface area contributed by atoms with E-state index in [9.17, 15) is 29.1 Å². The number of piperidine rings is 2. The highest BCUT2D eigenvalue weighted by atomic mass is 19.1. The van der Waals surface area contributed by atoms with Crippen molar-refractivity contribution in [1.82, 2.24) is 15.1 Å². The smallest absolute Gasteiger partial charge is 0.457 e. The molecule has 3 aromatic carbocycles. The van der Waals surface area contributed by atoms with Crippen molar-refractivity contribution in [3.63, 3.8) is 0 Å². The number of amides is 3. The Hall–Kier alpha value is -4.57. The number of likely N-dealkylation sites (tertiary alicyclic amines) is 1. The lowest BCUT2D eigenvalue weighted by Gasteiger charge is -2.33. The summed E-state index contributed by atoms with van der Waals surface area (Å²) in [4.78, 5) is 41.3. The summed E-state index contributed by atoms with van der Waals surface area (Å²) in [6.45, 7) is 3.46. The van der Waals surface area contributed by atoms with Crippen LogP contribution in [0.5, 0.6) is 11.5 Å². The van der Waals surface area contributed by atoms with E-state index in [1.165, 1.54) is 11.0 Å². The van der Waals surface area contributed by atoms with Crippen molar-refractivity contribution in [3.05, 3.63) is 87.7 Å². The Morgan fingerprint density at radius 3 is 2.55 bits per heavy atom. The molecule has 0 aliphatic carbocycles. The van der Waals surface area contributed by atoms with Gasteiger partial charge in [0.15, 0.2) is 0 Å². The summed E-state index contributed by atoms with van der Waals surface area (Å²) in [7, 11) is -0.887. The molecule has 264 valence electrons. The van der Waals surface area contributed by atoms with E-state index in [-0.39, 0.29) is 37.1 Å². The fourth-order valence-corrected chi connectivity index (χ4v) is 8.02. The van der Waals surface area contributed by atoms with Crippen LogP contribution in [-0.2, 0) is 33.8 Å². The molecule has 0 saturated carbocycles. The number of carbonyl (C=O) groups excluding carboxylic acids is 3. The third-order valence-electron chi connectivity index (χ3n) is 10.8. The minimum atomic E-state index is -0.887. The van der Waals surface area contributed by atoms with Gasteiger partial charge in [-0.1, -0.05) is 25.3 Å². The lowest BCUT2D eigenvalue weighted by Crippen LogP contribution is -2.52. The third-order valence-corrected chi connectivity index (χ3v) is 10.8. The fraction of sp³-hybridized carbons (Fsp3) is 0.436. The molecule has 0 bridgehead atoms.